The molecule has 1 rings (SSSR count). The zero-order valence-corrected chi connectivity index (χ0v) is 8.62. The molecule has 0 atom stereocenters. The highest BCUT2D eigenvalue weighted by Gasteiger charge is 2.05. The molecule has 0 aliphatic carbocycles. The quantitative estimate of drug-likeness (QED) is 0.446. The largest absolute Gasteiger partial charge is 0.457 e. The summed E-state index contributed by atoms with van der Waals surface area (Å²) in [5.74, 6) is -0.425. The van der Waals surface area contributed by atoms with Crippen LogP contribution in [0.2, 0.25) is 0 Å². The van der Waals surface area contributed by atoms with Crippen molar-refractivity contribution in [3.05, 3.63) is 35.9 Å². The van der Waals surface area contributed by atoms with Gasteiger partial charge in [0.2, 0.25) is 0 Å². The first-order valence-corrected chi connectivity index (χ1v) is 4.47. The van der Waals surface area contributed by atoms with E-state index >= 15 is 0 Å². The molecule has 0 aliphatic rings. The van der Waals surface area contributed by atoms with Crippen LogP contribution in [0.5, 0.6) is 0 Å². The minimum atomic E-state index is -0.425. The van der Waals surface area contributed by atoms with Gasteiger partial charge in [-0.25, -0.2) is 4.79 Å². The summed E-state index contributed by atoms with van der Waals surface area (Å²) in [5.41, 5.74) is 13.4. The van der Waals surface area contributed by atoms with Gasteiger partial charge in [-0.05, 0) is 19.1 Å². The van der Waals surface area contributed by atoms with Gasteiger partial charge in [-0.15, -0.1) is 0 Å². The zero-order valence-electron chi connectivity index (χ0n) is 8.62. The van der Waals surface area contributed by atoms with Crippen LogP contribution in [0, 0.1) is 0 Å². The molecule has 15 heavy (non-hydrogen) atoms. The molecule has 0 fully saturated rings. The average molecular weight is 206 g/mol. The molecule has 4 heteroatoms. The lowest BCUT2D eigenvalue weighted by atomic mass is 10.2. The fourth-order valence-corrected chi connectivity index (χ4v) is 1.01. The summed E-state index contributed by atoms with van der Waals surface area (Å²) in [7, 11) is 0. The predicted molar refractivity (Wildman–Crippen MR) is 59.9 cm³/mol. The predicted octanol–water partition coefficient (Wildman–Crippen LogP) is 1.47. The maximum atomic E-state index is 11.1. The molecule has 80 valence electrons. The molecule has 0 unspecified atom stereocenters. The summed E-state index contributed by atoms with van der Waals surface area (Å²) < 4.78 is 4.95. The molecule has 0 saturated carbocycles. The van der Waals surface area contributed by atoms with E-state index in [1.165, 1.54) is 0 Å². The van der Waals surface area contributed by atoms with Crippen molar-refractivity contribution >= 4 is 17.3 Å². The molecule has 4 nitrogen and oxygen atoms in total. The van der Waals surface area contributed by atoms with Gasteiger partial charge in [0.25, 0.3) is 0 Å². The molecule has 4 N–H and O–H groups in total. The van der Waals surface area contributed by atoms with E-state index in [0.29, 0.717) is 16.9 Å². The summed E-state index contributed by atoms with van der Waals surface area (Å²) in [6, 6.07) is 5.07. The fourth-order valence-electron chi connectivity index (χ4n) is 1.01. The highest BCUT2D eigenvalue weighted by Crippen LogP contribution is 2.16. The third kappa shape index (κ3) is 3.02. The van der Waals surface area contributed by atoms with Crippen LogP contribution < -0.4 is 11.5 Å². The Bertz CT molecular complexity index is 400. The van der Waals surface area contributed by atoms with E-state index in [1.807, 2.05) is 0 Å². The van der Waals surface area contributed by atoms with E-state index < -0.39 is 5.97 Å². The lowest BCUT2D eigenvalue weighted by Gasteiger charge is -2.07. The number of benzene rings is 1. The lowest BCUT2D eigenvalue weighted by Crippen LogP contribution is -2.06. The summed E-state index contributed by atoms with van der Waals surface area (Å²) in [6.45, 7) is 5.21. The topological polar surface area (TPSA) is 78.3 Å². The van der Waals surface area contributed by atoms with Crippen LogP contribution in [0.4, 0.5) is 11.4 Å². The zero-order chi connectivity index (χ0) is 11.4. The van der Waals surface area contributed by atoms with Gasteiger partial charge in [-0.3, -0.25) is 0 Å². The van der Waals surface area contributed by atoms with E-state index in [9.17, 15) is 4.79 Å². The number of nitrogen functional groups attached to an aromatic ring is 2. The van der Waals surface area contributed by atoms with E-state index in [-0.39, 0.29) is 6.61 Å². The first kappa shape index (κ1) is 11.1. The highest BCUT2D eigenvalue weighted by molar-refractivity contribution is 5.86. The number of hydrogen-bond donors (Lipinski definition) is 2. The second kappa shape index (κ2) is 4.50. The van der Waals surface area contributed by atoms with Crippen LogP contribution in [0.3, 0.4) is 0 Å². The normalized spacial score (nSPS) is 9.67. The van der Waals surface area contributed by atoms with Crippen LogP contribution in [0.25, 0.3) is 0 Å². The van der Waals surface area contributed by atoms with Gasteiger partial charge in [0, 0.05) is 22.5 Å². The second-order valence-corrected chi connectivity index (χ2v) is 3.31. The standard InChI is InChI=1S/C11H14N2O2/c1-7(2)11(14)15-6-8-3-4-9(12)5-10(8)13/h3-5H,1,6,12-13H2,2H3. The summed E-state index contributed by atoms with van der Waals surface area (Å²) >= 11 is 0. The number of hydrogen-bond acceptors (Lipinski definition) is 4. The Morgan fingerprint density at radius 1 is 1.47 bits per heavy atom. The Labute approximate surface area is 88.5 Å². The van der Waals surface area contributed by atoms with E-state index in [1.54, 1.807) is 25.1 Å². The molecule has 0 aromatic heterocycles. The second-order valence-electron chi connectivity index (χ2n) is 3.31. The van der Waals surface area contributed by atoms with E-state index in [2.05, 4.69) is 6.58 Å². The van der Waals surface area contributed by atoms with Gasteiger partial charge in [0.05, 0.1) is 0 Å². The van der Waals surface area contributed by atoms with E-state index in [4.69, 9.17) is 16.2 Å². The van der Waals surface area contributed by atoms with Gasteiger partial charge in [0.15, 0.2) is 0 Å². The molecule has 0 radical (unpaired) electrons. The fraction of sp³-hybridized carbons (Fsp3) is 0.182. The minimum Gasteiger partial charge on any atom is -0.457 e. The van der Waals surface area contributed by atoms with Crippen molar-refractivity contribution in [2.24, 2.45) is 0 Å². The number of carbonyl (C=O) groups excluding carboxylic acids is 1. The van der Waals surface area contributed by atoms with Crippen LogP contribution in [-0.4, -0.2) is 5.97 Å². The first-order valence-electron chi connectivity index (χ1n) is 4.47. The Morgan fingerprint density at radius 3 is 2.67 bits per heavy atom. The van der Waals surface area contributed by atoms with E-state index in [0.717, 1.165) is 5.56 Å². The number of ether oxygens (including phenoxy) is 1. The van der Waals surface area contributed by atoms with Gasteiger partial charge in [-0.1, -0.05) is 12.6 Å². The van der Waals surface area contributed by atoms with Crippen molar-refractivity contribution in [1.82, 2.24) is 0 Å². The molecular weight excluding hydrogens is 192 g/mol. The van der Waals surface area contributed by atoms with Crippen molar-refractivity contribution in [2.45, 2.75) is 13.5 Å². The Morgan fingerprint density at radius 2 is 2.13 bits per heavy atom. The number of rotatable bonds is 3. The smallest absolute Gasteiger partial charge is 0.333 e. The number of anilines is 2. The summed E-state index contributed by atoms with van der Waals surface area (Å²) in [6.07, 6.45) is 0. The Balaban J connectivity index is 2.66. The van der Waals surface area contributed by atoms with Crippen molar-refractivity contribution in [1.29, 1.82) is 0 Å². The molecule has 1 aromatic rings. The highest BCUT2D eigenvalue weighted by atomic mass is 16.5. The van der Waals surface area contributed by atoms with Crippen molar-refractivity contribution in [3.63, 3.8) is 0 Å². The van der Waals surface area contributed by atoms with Gasteiger partial charge in [-0.2, -0.15) is 0 Å². The maximum Gasteiger partial charge on any atom is 0.333 e. The molecule has 0 saturated heterocycles. The van der Waals surface area contributed by atoms with Crippen LogP contribution in [-0.2, 0) is 16.1 Å². The van der Waals surface area contributed by atoms with Crippen molar-refractivity contribution < 1.29 is 9.53 Å². The maximum absolute atomic E-state index is 11.1. The molecule has 1 aromatic carbocycles. The monoisotopic (exact) mass is 206 g/mol. The number of carbonyl (C=O) groups is 1. The molecule has 0 spiro atoms. The van der Waals surface area contributed by atoms with Crippen molar-refractivity contribution in [2.75, 3.05) is 11.5 Å². The van der Waals surface area contributed by atoms with Gasteiger partial charge in [0.1, 0.15) is 6.61 Å². The molecule has 0 bridgehead atoms. The SMILES string of the molecule is C=C(C)C(=O)OCc1ccc(N)cc1N. The molecule has 0 heterocycles. The van der Waals surface area contributed by atoms with Gasteiger partial charge >= 0.3 is 5.97 Å². The minimum absolute atomic E-state index is 0.137. The third-order valence-electron chi connectivity index (χ3n) is 1.88. The summed E-state index contributed by atoms with van der Waals surface area (Å²) in [4.78, 5) is 11.1. The number of nitrogens with two attached hydrogens (primary N) is 2. The first-order chi connectivity index (χ1) is 7.00. The third-order valence-corrected chi connectivity index (χ3v) is 1.88. The summed E-state index contributed by atoms with van der Waals surface area (Å²) in [5, 5.41) is 0. The molecule has 0 aliphatic heterocycles. The molecule has 0 amide bonds. The van der Waals surface area contributed by atoms with Crippen LogP contribution >= 0.6 is 0 Å². The Kier molecular flexibility index (Phi) is 3.33. The van der Waals surface area contributed by atoms with Crippen LogP contribution in [0.1, 0.15) is 12.5 Å². The lowest BCUT2D eigenvalue weighted by molar-refractivity contribution is -0.140. The van der Waals surface area contributed by atoms with Crippen LogP contribution in [0.15, 0.2) is 30.4 Å². The Hall–Kier alpha value is -1.97. The molecular formula is C11H14N2O2. The van der Waals surface area contributed by atoms with Crippen molar-refractivity contribution in [3.8, 4) is 0 Å². The van der Waals surface area contributed by atoms with Gasteiger partial charge < -0.3 is 16.2 Å². The average Bonchev–Trinajstić information content (AvgIpc) is 2.15. The number of esters is 1.